The molecule has 4 aliphatic heterocycles. The first kappa shape index (κ1) is 63.6. The van der Waals surface area contributed by atoms with Crippen LogP contribution in [0, 0.1) is 23.5 Å². The Hall–Kier alpha value is -9.88. The summed E-state index contributed by atoms with van der Waals surface area (Å²) in [6.07, 6.45) is 1.80. The number of imidazole rings is 2. The van der Waals surface area contributed by atoms with Gasteiger partial charge in [-0.1, -0.05) is 76.2 Å². The molecule has 4 aromatic carbocycles. The van der Waals surface area contributed by atoms with Gasteiger partial charge in [-0.15, -0.1) is 0 Å². The Bertz CT molecular complexity index is 3610. The lowest BCUT2D eigenvalue weighted by Crippen LogP contribution is -2.51. The molecule has 6 aromatic rings. The molecule has 89 heavy (non-hydrogen) atoms. The number of halogens is 2. The fraction of sp³-hybridized carbons (Fsp3) is 0.397. The van der Waals surface area contributed by atoms with Crippen molar-refractivity contribution in [2.45, 2.75) is 104 Å². The van der Waals surface area contributed by atoms with E-state index in [2.05, 4.69) is 35.9 Å². The number of likely N-dealkylation sites (N-methyl/N-ethyl adjacent to an activating group) is 1. The van der Waals surface area contributed by atoms with Crippen molar-refractivity contribution in [2.24, 2.45) is 11.8 Å². The number of anilines is 2. The van der Waals surface area contributed by atoms with Gasteiger partial charge in [0.15, 0.2) is 0 Å². The molecule has 4 aliphatic rings. The molecule has 6 heterocycles. The number of nitrogens with one attached hydrogen (secondary N) is 5. The van der Waals surface area contributed by atoms with Gasteiger partial charge in [-0.2, -0.15) is 0 Å². The first-order chi connectivity index (χ1) is 42.4. The molecule has 0 radical (unpaired) electrons. The highest BCUT2D eigenvalue weighted by atomic mass is 19.1. The highest BCUT2D eigenvalue weighted by molar-refractivity contribution is 5.92. The minimum absolute atomic E-state index is 0.0157. The van der Waals surface area contributed by atoms with Gasteiger partial charge in [0.1, 0.15) is 47.6 Å². The van der Waals surface area contributed by atoms with Gasteiger partial charge >= 0.3 is 24.4 Å². The highest BCUT2D eigenvalue weighted by Crippen LogP contribution is 2.36. The number of carbonyl (C=O) groups is 8. The van der Waals surface area contributed by atoms with Crippen LogP contribution in [0.5, 0.6) is 0 Å². The first-order valence-electron chi connectivity index (χ1n) is 29.4. The fourth-order valence-corrected chi connectivity index (χ4v) is 11.7. The second-order valence-electron chi connectivity index (χ2n) is 23.1. The normalized spacial score (nSPS) is 18.7. The Morgan fingerprint density at radius 2 is 1.04 bits per heavy atom. The number of ether oxygens (including phenoxy) is 2. The van der Waals surface area contributed by atoms with Gasteiger partial charge in [-0.05, 0) is 96.2 Å². The Kier molecular flexibility index (Phi) is 19.6. The van der Waals surface area contributed by atoms with Crippen LogP contribution in [0.1, 0.15) is 91.0 Å². The maximum atomic E-state index is 15.3. The zero-order chi connectivity index (χ0) is 64.0. The zero-order valence-electron chi connectivity index (χ0n) is 50.3. The lowest BCUT2D eigenvalue weighted by Gasteiger charge is -2.28. The molecular formula is C63H72F2N12O12. The van der Waals surface area contributed by atoms with E-state index in [1.807, 2.05) is 34.1 Å². The second kappa shape index (κ2) is 27.4. The molecule has 10 rings (SSSR count). The average Bonchev–Trinajstić information content (AvgIpc) is 3.65. The summed E-state index contributed by atoms with van der Waals surface area (Å²) >= 11 is 0. The minimum atomic E-state index is -1.31. The van der Waals surface area contributed by atoms with Crippen LogP contribution >= 0.6 is 0 Å². The molecule has 0 bridgehead atoms. The van der Waals surface area contributed by atoms with Crippen LogP contribution in [0.25, 0.3) is 44.8 Å². The maximum absolute atomic E-state index is 15.3. The lowest BCUT2D eigenvalue weighted by molar-refractivity contribution is -0.130. The number of rotatable bonds is 18. The first-order valence-corrected chi connectivity index (χ1v) is 29.4. The van der Waals surface area contributed by atoms with E-state index < -0.39 is 72.1 Å². The summed E-state index contributed by atoms with van der Waals surface area (Å²) in [4.78, 5) is 119. The number of benzene rings is 4. The Morgan fingerprint density at radius 1 is 0.629 bits per heavy atom. The summed E-state index contributed by atoms with van der Waals surface area (Å²) in [5.41, 5.74) is 5.98. The molecule has 470 valence electrons. The van der Waals surface area contributed by atoms with Crippen LogP contribution in [-0.2, 0) is 28.7 Å². The smallest absolute Gasteiger partial charge is 0.414 e. The van der Waals surface area contributed by atoms with E-state index in [1.165, 1.54) is 29.0 Å². The van der Waals surface area contributed by atoms with Gasteiger partial charge in [-0.3, -0.25) is 33.9 Å². The van der Waals surface area contributed by atoms with Crippen LogP contribution in [0.15, 0.2) is 97.3 Å². The number of aromatic amines is 2. The second-order valence-corrected chi connectivity index (χ2v) is 23.1. The molecule has 4 saturated heterocycles. The summed E-state index contributed by atoms with van der Waals surface area (Å²) < 4.78 is 41.4. The van der Waals surface area contributed by atoms with Crippen molar-refractivity contribution < 1.29 is 66.8 Å². The molecule has 4 fully saturated rings. The topological polar surface area (TPSA) is 305 Å². The van der Waals surface area contributed by atoms with Gasteiger partial charge in [-0.25, -0.2) is 37.9 Å². The van der Waals surface area contributed by atoms with Crippen molar-refractivity contribution in [3.8, 4) is 44.8 Å². The molecule has 0 unspecified atom stereocenters. The number of H-pyrrole nitrogens is 2. The third-order valence-electron chi connectivity index (χ3n) is 16.3. The standard InChI is InChI=1S/C32H37FN6O6.C31H35FN6O6/c1-18(2)28(37(4)31(42)43)30(41)35-15-23-17-39(32(44)45-23)22-11-12-24(25(33)14-22)20-7-9-21(10-8-20)26-16-34-29(36-26)27-6-5-13-38(27)19(3)40;1-17(2)27(36-30(41)42)29(40)34-14-22-16-38(31(43)44-22)21-10-11-23(24(32)13-21)19-6-8-20(9-7-19)25-15-33-28(35-25)26-5-4-12-37(26)18(3)39/h7-12,14,16,18,23,27-28H,5-6,13,15,17H2,1-4H3,(H,34,36)(H,35,41)(H,42,43);6-11,13,15,17,22,26-27,36H,4-5,12,14,16H2,1-3H3,(H,33,35)(H,34,40)(H,41,42)/t23-,27-,28-;22-,26-,27-/m00/s1. The van der Waals surface area contributed by atoms with Crippen molar-refractivity contribution in [1.29, 1.82) is 0 Å². The van der Waals surface area contributed by atoms with Gasteiger partial charge in [0.05, 0.1) is 73.4 Å². The molecule has 26 heteroatoms. The summed E-state index contributed by atoms with van der Waals surface area (Å²) in [6.45, 7) is 11.6. The Morgan fingerprint density at radius 3 is 1.42 bits per heavy atom. The van der Waals surface area contributed by atoms with Crippen LogP contribution in [0.2, 0.25) is 0 Å². The van der Waals surface area contributed by atoms with Gasteiger partial charge in [0.2, 0.25) is 23.6 Å². The molecule has 0 aliphatic carbocycles. The number of nitrogens with zero attached hydrogens (tertiary/aromatic N) is 7. The lowest BCUT2D eigenvalue weighted by atomic mass is 10.0. The maximum Gasteiger partial charge on any atom is 0.414 e. The number of aromatic nitrogens is 4. The zero-order valence-corrected chi connectivity index (χ0v) is 50.3. The number of hydrogen-bond acceptors (Lipinski definition) is 12. The molecule has 7 N–H and O–H groups in total. The van der Waals surface area contributed by atoms with E-state index in [9.17, 15) is 43.5 Å². The van der Waals surface area contributed by atoms with Gasteiger partial charge in [0, 0.05) is 45.1 Å². The van der Waals surface area contributed by atoms with Crippen molar-refractivity contribution in [3.05, 3.63) is 121 Å². The van der Waals surface area contributed by atoms with Crippen LogP contribution < -0.4 is 25.8 Å². The molecule has 0 saturated carbocycles. The Balaban J connectivity index is 0.000000211. The summed E-state index contributed by atoms with van der Waals surface area (Å²) in [6, 6.07) is 21.7. The molecule has 8 amide bonds. The predicted molar refractivity (Wildman–Crippen MR) is 323 cm³/mol. The number of hydrogen-bond donors (Lipinski definition) is 7. The molecule has 6 atom stereocenters. The van der Waals surface area contributed by atoms with Crippen LogP contribution in [0.3, 0.4) is 0 Å². The van der Waals surface area contributed by atoms with E-state index in [4.69, 9.17) is 14.6 Å². The van der Waals surface area contributed by atoms with E-state index in [0.29, 0.717) is 33.6 Å². The number of cyclic esters (lactones) is 2. The third-order valence-corrected chi connectivity index (χ3v) is 16.3. The number of likely N-dealkylation sites (tertiary alicyclic amines) is 2. The Labute approximate surface area is 511 Å². The highest BCUT2D eigenvalue weighted by Gasteiger charge is 2.38. The van der Waals surface area contributed by atoms with E-state index in [1.54, 1.807) is 102 Å². The van der Waals surface area contributed by atoms with Gasteiger partial charge in [0.25, 0.3) is 0 Å². The summed E-state index contributed by atoms with van der Waals surface area (Å²) in [5.74, 6) is -1.06. The molecule has 0 spiro atoms. The molecular weight excluding hydrogens is 1150 g/mol. The average molecular weight is 1230 g/mol. The number of carbonyl (C=O) groups excluding carboxylic acids is 6. The minimum Gasteiger partial charge on any atom is -0.465 e. The van der Waals surface area contributed by atoms with Crippen molar-refractivity contribution in [3.63, 3.8) is 0 Å². The molecule has 24 nitrogen and oxygen atoms in total. The third kappa shape index (κ3) is 14.6. The quantitative estimate of drug-likeness (QED) is 0.0423. The fourth-order valence-electron chi connectivity index (χ4n) is 11.7. The van der Waals surface area contributed by atoms with Crippen molar-refractivity contribution in [1.82, 2.24) is 50.6 Å². The number of carboxylic acid groups (broad SMARTS) is 2. The summed E-state index contributed by atoms with van der Waals surface area (Å²) in [5, 5.41) is 25.7. The van der Waals surface area contributed by atoms with Crippen LogP contribution in [0.4, 0.5) is 39.3 Å². The molecule has 2 aromatic heterocycles. The van der Waals surface area contributed by atoms with E-state index >= 15 is 8.78 Å². The van der Waals surface area contributed by atoms with Crippen molar-refractivity contribution in [2.75, 3.05) is 56.1 Å². The van der Waals surface area contributed by atoms with Gasteiger partial charge < -0.3 is 55.4 Å². The SMILES string of the molecule is CC(=O)N1CCC[C@H]1c1ncc(-c2ccc(-c3ccc(N4C[C@H](CNC(=O)[C@@H](NC(=O)O)C(C)C)OC4=O)cc3F)cc2)[nH]1.CC(=O)N1CCC[C@H]1c1ncc(-c2ccc(-c3ccc(N4C[C@H](CNC(=O)[C@H](C(C)C)N(C)C(=O)O)OC4=O)cc3F)cc2)[nH]1. The summed E-state index contributed by atoms with van der Waals surface area (Å²) in [7, 11) is 1.33. The predicted octanol–water partition coefficient (Wildman–Crippen LogP) is 8.94. The van der Waals surface area contributed by atoms with E-state index in [0.717, 1.165) is 77.8 Å². The van der Waals surface area contributed by atoms with E-state index in [-0.39, 0.29) is 61.9 Å². The van der Waals surface area contributed by atoms with Crippen molar-refractivity contribution >= 4 is 59.4 Å². The number of amides is 8. The van der Waals surface area contributed by atoms with Crippen LogP contribution in [-0.4, -0.2) is 163 Å². The monoisotopic (exact) mass is 1230 g/mol. The largest absolute Gasteiger partial charge is 0.465 e.